The Morgan fingerprint density at radius 2 is 2.08 bits per heavy atom. The topological polar surface area (TPSA) is 51.0 Å². The van der Waals surface area contributed by atoms with Crippen LogP contribution in [0, 0.1) is 5.92 Å². The van der Waals surface area contributed by atoms with Crippen molar-refractivity contribution in [1.29, 1.82) is 0 Å². The van der Waals surface area contributed by atoms with E-state index in [4.69, 9.17) is 0 Å². The summed E-state index contributed by atoms with van der Waals surface area (Å²) in [6.07, 6.45) is 6.68. The SMILES string of the molecule is CC1C=CC(N(C)C(=O)C(F)Sc2nnc(-c3ccccc3)n2C)=CC1. The molecule has 1 heterocycles. The highest BCUT2D eigenvalue weighted by Crippen LogP contribution is 2.28. The van der Waals surface area contributed by atoms with Crippen molar-refractivity contribution < 1.29 is 9.18 Å². The first kappa shape index (κ1) is 18.4. The minimum absolute atomic E-state index is 0.361. The monoisotopic (exact) mass is 372 g/mol. The number of aromatic nitrogens is 3. The molecule has 0 N–H and O–H groups in total. The third-order valence-corrected chi connectivity index (χ3v) is 5.26. The Bertz CT molecular complexity index is 846. The second-order valence-corrected chi connectivity index (χ2v) is 7.28. The van der Waals surface area contributed by atoms with Gasteiger partial charge in [-0.2, -0.15) is 0 Å². The molecule has 2 unspecified atom stereocenters. The Labute approximate surface area is 156 Å². The van der Waals surface area contributed by atoms with Crippen molar-refractivity contribution >= 4 is 17.7 Å². The van der Waals surface area contributed by atoms with Gasteiger partial charge in [0.05, 0.1) is 0 Å². The number of nitrogens with zero attached hydrogens (tertiary/aromatic N) is 4. The van der Waals surface area contributed by atoms with Crippen LogP contribution < -0.4 is 0 Å². The average molecular weight is 372 g/mol. The number of hydrogen-bond donors (Lipinski definition) is 0. The maximum Gasteiger partial charge on any atom is 0.272 e. The van der Waals surface area contributed by atoms with Crippen LogP contribution in [0.5, 0.6) is 0 Å². The van der Waals surface area contributed by atoms with Crippen molar-refractivity contribution in [1.82, 2.24) is 19.7 Å². The van der Waals surface area contributed by atoms with Crippen molar-refractivity contribution in [2.24, 2.45) is 13.0 Å². The largest absolute Gasteiger partial charge is 0.313 e. The van der Waals surface area contributed by atoms with Crippen LogP contribution in [0.25, 0.3) is 11.4 Å². The molecular weight excluding hydrogens is 351 g/mol. The van der Waals surface area contributed by atoms with Gasteiger partial charge in [0.15, 0.2) is 11.0 Å². The summed E-state index contributed by atoms with van der Waals surface area (Å²) in [4.78, 5) is 13.8. The Morgan fingerprint density at radius 1 is 1.35 bits per heavy atom. The maximum absolute atomic E-state index is 14.6. The first-order chi connectivity index (χ1) is 12.5. The summed E-state index contributed by atoms with van der Waals surface area (Å²) in [5.41, 5.74) is -0.140. The van der Waals surface area contributed by atoms with E-state index >= 15 is 0 Å². The number of likely N-dealkylation sites (N-methyl/N-ethyl adjacent to an activating group) is 1. The van der Waals surface area contributed by atoms with Gasteiger partial charge in [0, 0.05) is 25.4 Å². The molecule has 1 aromatic carbocycles. The van der Waals surface area contributed by atoms with E-state index in [0.29, 0.717) is 16.9 Å². The van der Waals surface area contributed by atoms with Crippen molar-refractivity contribution in [3.05, 3.63) is 54.3 Å². The lowest BCUT2D eigenvalue weighted by Gasteiger charge is -2.23. The standard InChI is InChI=1S/C19H21FN4OS/c1-13-9-11-15(12-10-13)23(2)18(25)16(20)26-19-22-21-17(24(19)3)14-7-5-4-6-8-14/h4-9,11-13,16H,10H2,1-3H3. The van der Waals surface area contributed by atoms with Crippen LogP contribution in [0.4, 0.5) is 4.39 Å². The zero-order valence-corrected chi connectivity index (χ0v) is 15.8. The summed E-state index contributed by atoms with van der Waals surface area (Å²) >= 11 is 0.767. The molecule has 3 rings (SSSR count). The van der Waals surface area contributed by atoms with Gasteiger partial charge in [0.25, 0.3) is 5.91 Å². The van der Waals surface area contributed by atoms with Crippen LogP contribution in [0.3, 0.4) is 0 Å². The average Bonchev–Trinajstić information content (AvgIpc) is 3.02. The van der Waals surface area contributed by atoms with Gasteiger partial charge in [0.1, 0.15) is 0 Å². The summed E-state index contributed by atoms with van der Waals surface area (Å²) in [7, 11) is 3.35. The lowest BCUT2D eigenvalue weighted by Crippen LogP contribution is -2.32. The van der Waals surface area contributed by atoms with Gasteiger partial charge in [-0.25, -0.2) is 4.39 Å². The fourth-order valence-corrected chi connectivity index (χ4v) is 3.42. The fraction of sp³-hybridized carbons (Fsp3) is 0.316. The molecule has 0 saturated carbocycles. The van der Waals surface area contributed by atoms with E-state index in [2.05, 4.69) is 17.1 Å². The Hall–Kier alpha value is -2.41. The molecule has 7 heteroatoms. The molecule has 0 radical (unpaired) electrons. The number of thioether (sulfide) groups is 1. The molecule has 1 aromatic heterocycles. The number of halogens is 1. The smallest absolute Gasteiger partial charge is 0.272 e. The third-order valence-electron chi connectivity index (χ3n) is 4.28. The van der Waals surface area contributed by atoms with Crippen molar-refractivity contribution in [3.8, 4) is 11.4 Å². The molecular formula is C19H21FN4OS. The molecule has 2 atom stereocenters. The molecule has 0 saturated heterocycles. The first-order valence-electron chi connectivity index (χ1n) is 8.39. The Balaban J connectivity index is 1.70. The Morgan fingerprint density at radius 3 is 2.73 bits per heavy atom. The molecule has 1 aliphatic rings. The van der Waals surface area contributed by atoms with E-state index in [1.54, 1.807) is 18.7 Å². The molecule has 2 aromatic rings. The summed E-state index contributed by atoms with van der Waals surface area (Å²) in [6.45, 7) is 2.10. The van der Waals surface area contributed by atoms with E-state index in [9.17, 15) is 9.18 Å². The van der Waals surface area contributed by atoms with Gasteiger partial charge < -0.3 is 9.47 Å². The third kappa shape index (κ3) is 3.88. The molecule has 0 bridgehead atoms. The predicted octanol–water partition coefficient (Wildman–Crippen LogP) is 3.81. The molecule has 5 nitrogen and oxygen atoms in total. The highest BCUT2D eigenvalue weighted by molar-refractivity contribution is 8.00. The van der Waals surface area contributed by atoms with Gasteiger partial charge in [-0.15, -0.1) is 10.2 Å². The highest BCUT2D eigenvalue weighted by Gasteiger charge is 2.27. The van der Waals surface area contributed by atoms with E-state index in [0.717, 1.165) is 29.4 Å². The van der Waals surface area contributed by atoms with Gasteiger partial charge >= 0.3 is 0 Å². The van der Waals surface area contributed by atoms with E-state index in [1.165, 1.54) is 4.90 Å². The van der Waals surface area contributed by atoms with Crippen molar-refractivity contribution in [2.45, 2.75) is 24.0 Å². The van der Waals surface area contributed by atoms with Crippen LogP contribution in [0.2, 0.25) is 0 Å². The van der Waals surface area contributed by atoms with E-state index in [1.807, 2.05) is 48.6 Å². The summed E-state index contributed by atoms with van der Waals surface area (Å²) in [5.74, 6) is 0.463. The maximum atomic E-state index is 14.6. The minimum Gasteiger partial charge on any atom is -0.313 e. The van der Waals surface area contributed by atoms with Gasteiger partial charge in [-0.3, -0.25) is 4.79 Å². The number of carbonyl (C=O) groups excluding carboxylic acids is 1. The molecule has 0 spiro atoms. The number of allylic oxidation sites excluding steroid dienone is 3. The van der Waals surface area contributed by atoms with Crippen LogP contribution in [0.1, 0.15) is 13.3 Å². The van der Waals surface area contributed by atoms with Crippen molar-refractivity contribution in [3.63, 3.8) is 0 Å². The quantitative estimate of drug-likeness (QED) is 0.749. The normalized spacial score (nSPS) is 17.7. The zero-order valence-electron chi connectivity index (χ0n) is 15.0. The van der Waals surface area contributed by atoms with Crippen LogP contribution in [0.15, 0.2) is 59.4 Å². The molecule has 0 fully saturated rings. The van der Waals surface area contributed by atoms with E-state index in [-0.39, 0.29) is 0 Å². The van der Waals surface area contributed by atoms with Gasteiger partial charge in [-0.05, 0) is 30.2 Å². The predicted molar refractivity (Wildman–Crippen MR) is 101 cm³/mol. The fourth-order valence-electron chi connectivity index (χ4n) is 2.64. The Kier molecular flexibility index (Phi) is 5.56. The molecule has 0 aliphatic heterocycles. The minimum atomic E-state index is -1.75. The van der Waals surface area contributed by atoms with Gasteiger partial charge in [0.2, 0.25) is 5.50 Å². The first-order valence-corrected chi connectivity index (χ1v) is 9.27. The number of alkyl halides is 1. The molecule has 26 heavy (non-hydrogen) atoms. The lowest BCUT2D eigenvalue weighted by atomic mass is 10.0. The summed E-state index contributed by atoms with van der Waals surface area (Å²) in [5, 5.41) is 8.51. The zero-order chi connectivity index (χ0) is 18.7. The summed E-state index contributed by atoms with van der Waals surface area (Å²) < 4.78 is 16.3. The number of hydrogen-bond acceptors (Lipinski definition) is 4. The van der Waals surface area contributed by atoms with Crippen molar-refractivity contribution in [2.75, 3.05) is 7.05 Å². The number of rotatable bonds is 5. The van der Waals surface area contributed by atoms with E-state index < -0.39 is 11.4 Å². The summed E-state index contributed by atoms with van der Waals surface area (Å²) in [6, 6.07) is 9.54. The lowest BCUT2D eigenvalue weighted by molar-refractivity contribution is -0.130. The van der Waals surface area contributed by atoms with Crippen LogP contribution >= 0.6 is 11.8 Å². The van der Waals surface area contributed by atoms with Crippen LogP contribution in [-0.4, -0.2) is 38.1 Å². The number of amides is 1. The number of benzene rings is 1. The van der Waals surface area contributed by atoms with Crippen LogP contribution in [-0.2, 0) is 11.8 Å². The molecule has 1 aliphatic carbocycles. The number of carbonyl (C=O) groups is 1. The second-order valence-electron chi connectivity index (χ2n) is 6.26. The highest BCUT2D eigenvalue weighted by atomic mass is 32.2. The van der Waals surface area contributed by atoms with Gasteiger partial charge in [-0.1, -0.05) is 49.4 Å². The second kappa shape index (κ2) is 7.86. The molecule has 136 valence electrons. The molecule has 1 amide bonds.